The molecule has 1 saturated heterocycles. The fourth-order valence-electron chi connectivity index (χ4n) is 3.91. The molecule has 2 aromatic heterocycles. The molecule has 4 aromatic rings. The summed E-state index contributed by atoms with van der Waals surface area (Å²) in [7, 11) is 0. The first-order valence-electron chi connectivity index (χ1n) is 11.1. The number of aliphatic hydroxyl groups is 1. The van der Waals surface area contributed by atoms with Gasteiger partial charge in [0.1, 0.15) is 17.6 Å². The molecule has 0 radical (unpaired) electrons. The Morgan fingerprint density at radius 3 is 2.64 bits per heavy atom. The standard InChI is InChI=1S/C26H20F2N2O4S2/c1-13(2)12-34-15-6-3-5-14(9-15)23(31)21-22(19-7-4-8-35-19)30(25(33)24(21)32)26-29-18-10-16(27)17(28)11-20(18)36-26/h3-11,13,22,31H,12H2,1-2H3/b23-21+. The van der Waals surface area contributed by atoms with Crippen molar-refractivity contribution in [3.63, 3.8) is 0 Å². The monoisotopic (exact) mass is 526 g/mol. The van der Waals surface area contributed by atoms with E-state index in [1.54, 1.807) is 41.8 Å². The second-order valence-electron chi connectivity index (χ2n) is 8.65. The molecule has 184 valence electrons. The number of nitrogens with zero attached hydrogens (tertiary/aromatic N) is 2. The Morgan fingerprint density at radius 2 is 1.92 bits per heavy atom. The van der Waals surface area contributed by atoms with Crippen LogP contribution in [0.2, 0.25) is 0 Å². The van der Waals surface area contributed by atoms with Gasteiger partial charge in [-0.05, 0) is 35.6 Å². The molecule has 36 heavy (non-hydrogen) atoms. The number of aliphatic hydroxyl groups excluding tert-OH is 1. The third-order valence-electron chi connectivity index (χ3n) is 5.57. The van der Waals surface area contributed by atoms with Crippen molar-refractivity contribution in [1.29, 1.82) is 0 Å². The first-order valence-corrected chi connectivity index (χ1v) is 12.8. The molecule has 0 aliphatic carbocycles. The Hall–Kier alpha value is -3.63. The minimum atomic E-state index is -1.06. The van der Waals surface area contributed by atoms with Crippen LogP contribution in [-0.2, 0) is 9.59 Å². The number of aromatic nitrogens is 1. The van der Waals surface area contributed by atoms with Gasteiger partial charge < -0.3 is 9.84 Å². The number of halogens is 2. The van der Waals surface area contributed by atoms with Crippen LogP contribution in [0.4, 0.5) is 13.9 Å². The summed E-state index contributed by atoms with van der Waals surface area (Å²) in [5.41, 5.74) is 0.389. The molecule has 1 amide bonds. The molecule has 2 aromatic carbocycles. The lowest BCUT2D eigenvalue weighted by Crippen LogP contribution is -2.28. The topological polar surface area (TPSA) is 79.7 Å². The number of hydrogen-bond acceptors (Lipinski definition) is 7. The van der Waals surface area contributed by atoms with Crippen LogP contribution in [0.25, 0.3) is 16.0 Å². The number of thiophene rings is 1. The van der Waals surface area contributed by atoms with E-state index in [-0.39, 0.29) is 22.0 Å². The van der Waals surface area contributed by atoms with Crippen LogP contribution in [0.3, 0.4) is 0 Å². The van der Waals surface area contributed by atoms with Crippen LogP contribution in [-0.4, -0.2) is 28.4 Å². The second kappa shape index (κ2) is 9.44. The molecule has 0 spiro atoms. The van der Waals surface area contributed by atoms with E-state index < -0.39 is 29.4 Å². The summed E-state index contributed by atoms with van der Waals surface area (Å²) in [4.78, 5) is 32.6. The molecule has 5 rings (SSSR count). The first kappa shape index (κ1) is 24.1. The van der Waals surface area contributed by atoms with E-state index in [1.165, 1.54) is 16.2 Å². The molecule has 10 heteroatoms. The summed E-state index contributed by atoms with van der Waals surface area (Å²) in [5, 5.41) is 13.2. The van der Waals surface area contributed by atoms with Gasteiger partial charge in [-0.2, -0.15) is 0 Å². The van der Waals surface area contributed by atoms with Crippen molar-refractivity contribution in [1.82, 2.24) is 4.98 Å². The van der Waals surface area contributed by atoms with Crippen molar-refractivity contribution >= 4 is 55.5 Å². The maximum absolute atomic E-state index is 13.8. The van der Waals surface area contributed by atoms with Crippen LogP contribution < -0.4 is 9.64 Å². The van der Waals surface area contributed by atoms with Gasteiger partial charge >= 0.3 is 5.91 Å². The third kappa shape index (κ3) is 4.27. The summed E-state index contributed by atoms with van der Waals surface area (Å²) in [6, 6.07) is 11.2. The van der Waals surface area contributed by atoms with Gasteiger partial charge in [0.2, 0.25) is 0 Å². The molecule has 6 nitrogen and oxygen atoms in total. The van der Waals surface area contributed by atoms with Gasteiger partial charge in [0.15, 0.2) is 16.8 Å². The Labute approximate surface area is 213 Å². The van der Waals surface area contributed by atoms with Crippen molar-refractivity contribution < 1.29 is 28.2 Å². The SMILES string of the molecule is CC(C)COc1cccc(/C(O)=C2\C(=O)C(=O)N(c3nc4cc(F)c(F)cc4s3)C2c2cccs2)c1. The molecular weight excluding hydrogens is 506 g/mol. The van der Waals surface area contributed by atoms with E-state index in [0.717, 1.165) is 23.5 Å². The Kier molecular flexibility index (Phi) is 6.31. The minimum absolute atomic E-state index is 0.0972. The van der Waals surface area contributed by atoms with E-state index in [9.17, 15) is 23.5 Å². The fourth-order valence-corrected chi connectivity index (χ4v) is 5.73. The lowest BCUT2D eigenvalue weighted by molar-refractivity contribution is -0.132. The zero-order chi connectivity index (χ0) is 25.6. The quantitative estimate of drug-likeness (QED) is 0.181. The molecule has 0 saturated carbocycles. The molecule has 1 unspecified atom stereocenters. The number of carbonyl (C=O) groups is 2. The lowest BCUT2D eigenvalue weighted by atomic mass is 10.00. The van der Waals surface area contributed by atoms with Crippen molar-refractivity contribution in [3.8, 4) is 5.75 Å². The third-order valence-corrected chi connectivity index (χ3v) is 7.52. The smallest absolute Gasteiger partial charge is 0.301 e. The Bertz CT molecular complexity index is 1470. The first-order chi connectivity index (χ1) is 17.2. The number of amides is 1. The van der Waals surface area contributed by atoms with Gasteiger partial charge in [0.05, 0.1) is 22.4 Å². The van der Waals surface area contributed by atoms with E-state index in [2.05, 4.69) is 4.98 Å². The Balaban J connectivity index is 1.63. The van der Waals surface area contributed by atoms with Gasteiger partial charge in [-0.1, -0.05) is 43.4 Å². The highest BCUT2D eigenvalue weighted by Gasteiger charge is 2.48. The fraction of sp³-hybridized carbons (Fsp3) is 0.192. The summed E-state index contributed by atoms with van der Waals surface area (Å²) < 4.78 is 33.6. The number of ketones is 1. The highest BCUT2D eigenvalue weighted by atomic mass is 32.1. The summed E-state index contributed by atoms with van der Waals surface area (Å²) >= 11 is 2.27. The van der Waals surface area contributed by atoms with Crippen molar-refractivity contribution in [2.75, 3.05) is 11.5 Å². The van der Waals surface area contributed by atoms with Crippen LogP contribution in [0.15, 0.2) is 59.5 Å². The van der Waals surface area contributed by atoms with E-state index >= 15 is 0 Å². The zero-order valence-electron chi connectivity index (χ0n) is 19.2. The average molecular weight is 527 g/mol. The molecular formula is C26H20F2N2O4S2. The summed E-state index contributed by atoms with van der Waals surface area (Å²) in [6.45, 7) is 4.50. The van der Waals surface area contributed by atoms with Crippen LogP contribution in [0, 0.1) is 17.6 Å². The molecule has 3 heterocycles. The van der Waals surface area contributed by atoms with Crippen molar-refractivity contribution in [2.24, 2.45) is 5.92 Å². The summed E-state index contributed by atoms with van der Waals surface area (Å²) in [6.07, 6.45) is 0. The van der Waals surface area contributed by atoms with Crippen molar-refractivity contribution in [2.45, 2.75) is 19.9 Å². The molecule has 1 atom stereocenters. The number of Topliss-reactive ketones (excluding diaryl/α,β-unsaturated/α-hetero) is 1. The highest BCUT2D eigenvalue weighted by molar-refractivity contribution is 7.22. The number of carbonyl (C=O) groups excluding carboxylic acids is 2. The van der Waals surface area contributed by atoms with Crippen LogP contribution in [0.1, 0.15) is 30.3 Å². The van der Waals surface area contributed by atoms with E-state index in [1.807, 2.05) is 13.8 Å². The number of hydrogen-bond donors (Lipinski definition) is 1. The molecule has 0 bridgehead atoms. The number of thiazole rings is 1. The van der Waals surface area contributed by atoms with Crippen LogP contribution in [0.5, 0.6) is 5.75 Å². The number of ether oxygens (including phenoxy) is 1. The highest BCUT2D eigenvalue weighted by Crippen LogP contribution is 2.45. The van der Waals surface area contributed by atoms with E-state index in [0.29, 0.717) is 33.4 Å². The average Bonchev–Trinajstić information content (AvgIpc) is 3.57. The van der Waals surface area contributed by atoms with Gasteiger partial charge in [-0.15, -0.1) is 11.3 Å². The maximum atomic E-state index is 13.8. The van der Waals surface area contributed by atoms with Gasteiger partial charge in [-0.3, -0.25) is 14.5 Å². The number of benzene rings is 2. The summed E-state index contributed by atoms with van der Waals surface area (Å²) in [5.74, 6) is -3.39. The number of rotatable bonds is 6. The van der Waals surface area contributed by atoms with Crippen LogP contribution >= 0.6 is 22.7 Å². The predicted molar refractivity (Wildman–Crippen MR) is 135 cm³/mol. The Morgan fingerprint density at radius 1 is 1.14 bits per heavy atom. The van der Waals surface area contributed by atoms with Gasteiger partial charge in [-0.25, -0.2) is 13.8 Å². The number of anilines is 1. The van der Waals surface area contributed by atoms with Crippen molar-refractivity contribution in [3.05, 3.63) is 81.6 Å². The molecule has 1 fully saturated rings. The molecule has 1 N–H and O–H groups in total. The maximum Gasteiger partial charge on any atom is 0.301 e. The minimum Gasteiger partial charge on any atom is -0.507 e. The molecule has 1 aliphatic heterocycles. The van der Waals surface area contributed by atoms with Gasteiger partial charge in [0, 0.05) is 16.5 Å². The predicted octanol–water partition coefficient (Wildman–Crippen LogP) is 6.30. The number of fused-ring (bicyclic) bond motifs is 1. The normalized spacial score (nSPS) is 17.5. The second-order valence-corrected chi connectivity index (χ2v) is 10.6. The zero-order valence-corrected chi connectivity index (χ0v) is 20.8. The van der Waals surface area contributed by atoms with E-state index in [4.69, 9.17) is 4.74 Å². The van der Waals surface area contributed by atoms with Gasteiger partial charge in [0.25, 0.3) is 5.78 Å². The molecule has 1 aliphatic rings. The largest absolute Gasteiger partial charge is 0.507 e. The lowest BCUT2D eigenvalue weighted by Gasteiger charge is -2.21.